The first-order chi connectivity index (χ1) is 11.5. The van der Waals surface area contributed by atoms with E-state index in [2.05, 4.69) is 20.2 Å². The molecule has 0 radical (unpaired) electrons. The van der Waals surface area contributed by atoms with Crippen molar-refractivity contribution in [2.45, 2.75) is 20.8 Å². The highest BCUT2D eigenvalue weighted by Gasteiger charge is 2.17. The molecule has 0 atom stereocenters. The molecule has 1 aliphatic rings. The van der Waals surface area contributed by atoms with E-state index in [-0.39, 0.29) is 5.91 Å². The Labute approximate surface area is 141 Å². The van der Waals surface area contributed by atoms with Crippen LogP contribution in [0.4, 0.5) is 11.5 Å². The van der Waals surface area contributed by atoms with Gasteiger partial charge < -0.3 is 15.0 Å². The SMILES string of the molecule is Cc1nc(C(=O)Nc2ccc(C)c(C)c2)cc(N2CCOCC2)n1. The van der Waals surface area contributed by atoms with Crippen LogP contribution < -0.4 is 10.2 Å². The fraction of sp³-hybridized carbons (Fsp3) is 0.389. The number of ether oxygens (including phenoxy) is 1. The molecule has 0 bridgehead atoms. The number of carbonyl (C=O) groups excluding carboxylic acids is 1. The Morgan fingerprint density at radius 1 is 1.08 bits per heavy atom. The molecule has 2 aromatic rings. The highest BCUT2D eigenvalue weighted by atomic mass is 16.5. The largest absolute Gasteiger partial charge is 0.378 e. The summed E-state index contributed by atoms with van der Waals surface area (Å²) in [5, 5.41) is 2.91. The van der Waals surface area contributed by atoms with Crippen LogP contribution in [-0.4, -0.2) is 42.2 Å². The molecule has 0 spiro atoms. The van der Waals surface area contributed by atoms with E-state index in [0.717, 1.165) is 30.2 Å². The van der Waals surface area contributed by atoms with Gasteiger partial charge in [-0.1, -0.05) is 6.07 Å². The van der Waals surface area contributed by atoms with Crippen molar-refractivity contribution in [3.63, 3.8) is 0 Å². The van der Waals surface area contributed by atoms with E-state index in [1.54, 1.807) is 13.0 Å². The average molecular weight is 326 g/mol. The maximum absolute atomic E-state index is 12.6. The van der Waals surface area contributed by atoms with E-state index in [1.807, 2.05) is 32.0 Å². The first-order valence-electron chi connectivity index (χ1n) is 8.10. The topological polar surface area (TPSA) is 67.4 Å². The van der Waals surface area contributed by atoms with Gasteiger partial charge in [-0.2, -0.15) is 0 Å². The zero-order valence-electron chi connectivity index (χ0n) is 14.3. The van der Waals surface area contributed by atoms with Crippen LogP contribution in [0.25, 0.3) is 0 Å². The molecule has 0 unspecified atom stereocenters. The van der Waals surface area contributed by atoms with Gasteiger partial charge in [0.1, 0.15) is 17.3 Å². The van der Waals surface area contributed by atoms with Crippen molar-refractivity contribution >= 4 is 17.4 Å². The maximum Gasteiger partial charge on any atom is 0.274 e. The number of anilines is 2. The Hall–Kier alpha value is -2.47. The molecule has 1 aromatic heterocycles. The van der Waals surface area contributed by atoms with Crippen LogP contribution in [0.5, 0.6) is 0 Å². The number of benzene rings is 1. The Morgan fingerprint density at radius 3 is 2.54 bits per heavy atom. The van der Waals surface area contributed by atoms with Gasteiger partial charge in [0.25, 0.3) is 5.91 Å². The van der Waals surface area contributed by atoms with E-state index in [1.165, 1.54) is 5.56 Å². The van der Waals surface area contributed by atoms with Gasteiger partial charge in [-0.3, -0.25) is 4.79 Å². The lowest BCUT2D eigenvalue weighted by molar-refractivity contribution is 0.102. The molecule has 6 nitrogen and oxygen atoms in total. The molecule has 1 fully saturated rings. The van der Waals surface area contributed by atoms with Crippen LogP contribution in [0.15, 0.2) is 24.3 Å². The third-order valence-electron chi connectivity index (χ3n) is 4.16. The Morgan fingerprint density at radius 2 is 1.83 bits per heavy atom. The summed E-state index contributed by atoms with van der Waals surface area (Å²) >= 11 is 0. The summed E-state index contributed by atoms with van der Waals surface area (Å²) in [4.78, 5) is 23.4. The third-order valence-corrected chi connectivity index (χ3v) is 4.16. The van der Waals surface area contributed by atoms with Gasteiger partial charge in [-0.05, 0) is 44.0 Å². The van der Waals surface area contributed by atoms with Gasteiger partial charge >= 0.3 is 0 Å². The van der Waals surface area contributed by atoms with Gasteiger partial charge in [-0.15, -0.1) is 0 Å². The van der Waals surface area contributed by atoms with E-state index < -0.39 is 0 Å². The first-order valence-corrected chi connectivity index (χ1v) is 8.10. The summed E-state index contributed by atoms with van der Waals surface area (Å²) in [7, 11) is 0. The Balaban J connectivity index is 1.81. The van der Waals surface area contributed by atoms with Crippen molar-refractivity contribution in [2.75, 3.05) is 36.5 Å². The van der Waals surface area contributed by atoms with Gasteiger partial charge in [0.15, 0.2) is 0 Å². The molecule has 1 N–H and O–H groups in total. The van der Waals surface area contributed by atoms with Crippen LogP contribution in [-0.2, 0) is 4.74 Å². The number of aromatic nitrogens is 2. The van der Waals surface area contributed by atoms with Crippen LogP contribution in [0.3, 0.4) is 0 Å². The second-order valence-corrected chi connectivity index (χ2v) is 6.01. The number of amides is 1. The molecule has 1 amide bonds. The van der Waals surface area contributed by atoms with Crippen molar-refractivity contribution in [3.05, 3.63) is 46.9 Å². The summed E-state index contributed by atoms with van der Waals surface area (Å²) in [6.45, 7) is 8.76. The number of nitrogens with one attached hydrogen (secondary N) is 1. The molecule has 1 saturated heterocycles. The minimum absolute atomic E-state index is 0.224. The van der Waals surface area contributed by atoms with Gasteiger partial charge in [0.2, 0.25) is 0 Å². The summed E-state index contributed by atoms with van der Waals surface area (Å²) in [6.07, 6.45) is 0. The molecule has 1 aliphatic heterocycles. The van der Waals surface area contributed by atoms with Crippen LogP contribution in [0.2, 0.25) is 0 Å². The molecular formula is C18H22N4O2. The first kappa shape index (κ1) is 16.4. The Kier molecular flexibility index (Phi) is 4.76. The van der Waals surface area contributed by atoms with Crippen LogP contribution in [0.1, 0.15) is 27.4 Å². The van der Waals surface area contributed by atoms with E-state index >= 15 is 0 Å². The van der Waals surface area contributed by atoms with E-state index in [4.69, 9.17) is 4.74 Å². The predicted molar refractivity (Wildman–Crippen MR) is 93.7 cm³/mol. The van der Waals surface area contributed by atoms with Gasteiger partial charge in [-0.25, -0.2) is 9.97 Å². The molecule has 6 heteroatoms. The highest BCUT2D eigenvalue weighted by molar-refractivity contribution is 6.03. The van der Waals surface area contributed by atoms with Crippen LogP contribution >= 0.6 is 0 Å². The lowest BCUT2D eigenvalue weighted by atomic mass is 10.1. The molecule has 24 heavy (non-hydrogen) atoms. The molecular weight excluding hydrogens is 304 g/mol. The van der Waals surface area contributed by atoms with Crippen molar-refractivity contribution in [1.82, 2.24) is 9.97 Å². The fourth-order valence-corrected chi connectivity index (χ4v) is 2.64. The average Bonchev–Trinajstić information content (AvgIpc) is 2.58. The molecule has 3 rings (SSSR count). The number of morpholine rings is 1. The zero-order chi connectivity index (χ0) is 17.1. The molecule has 2 heterocycles. The fourth-order valence-electron chi connectivity index (χ4n) is 2.64. The minimum atomic E-state index is -0.224. The number of carbonyl (C=O) groups is 1. The van der Waals surface area contributed by atoms with Crippen molar-refractivity contribution < 1.29 is 9.53 Å². The normalized spacial score (nSPS) is 14.5. The summed E-state index contributed by atoms with van der Waals surface area (Å²) in [5.74, 6) is 1.14. The number of hydrogen-bond donors (Lipinski definition) is 1. The number of nitrogens with zero attached hydrogens (tertiary/aromatic N) is 3. The maximum atomic E-state index is 12.6. The van der Waals surface area contributed by atoms with E-state index in [9.17, 15) is 4.79 Å². The van der Waals surface area contributed by atoms with Gasteiger partial charge in [0, 0.05) is 24.8 Å². The van der Waals surface area contributed by atoms with Crippen LogP contribution in [0, 0.1) is 20.8 Å². The zero-order valence-corrected chi connectivity index (χ0v) is 14.3. The molecule has 0 aliphatic carbocycles. The Bertz CT molecular complexity index is 755. The summed E-state index contributed by atoms with van der Waals surface area (Å²) in [6, 6.07) is 7.60. The van der Waals surface area contributed by atoms with Crippen molar-refractivity contribution in [2.24, 2.45) is 0 Å². The number of hydrogen-bond acceptors (Lipinski definition) is 5. The molecule has 126 valence electrons. The van der Waals surface area contributed by atoms with E-state index in [0.29, 0.717) is 24.7 Å². The number of rotatable bonds is 3. The standard InChI is InChI=1S/C18H22N4O2/c1-12-4-5-15(10-13(12)2)21-18(23)16-11-17(20-14(3)19-16)22-6-8-24-9-7-22/h4-5,10-11H,6-9H2,1-3H3,(H,21,23). The monoisotopic (exact) mass is 326 g/mol. The second-order valence-electron chi connectivity index (χ2n) is 6.01. The van der Waals surface area contributed by atoms with Crippen molar-refractivity contribution in [1.29, 1.82) is 0 Å². The molecule has 1 aromatic carbocycles. The number of aryl methyl sites for hydroxylation is 3. The second kappa shape index (κ2) is 6.97. The lowest BCUT2D eigenvalue weighted by Crippen LogP contribution is -2.37. The smallest absolute Gasteiger partial charge is 0.274 e. The third kappa shape index (κ3) is 3.71. The predicted octanol–water partition coefficient (Wildman–Crippen LogP) is 2.49. The highest BCUT2D eigenvalue weighted by Crippen LogP contribution is 2.17. The quantitative estimate of drug-likeness (QED) is 0.938. The van der Waals surface area contributed by atoms with Crippen molar-refractivity contribution in [3.8, 4) is 0 Å². The minimum Gasteiger partial charge on any atom is -0.378 e. The summed E-state index contributed by atoms with van der Waals surface area (Å²) < 4.78 is 5.36. The van der Waals surface area contributed by atoms with Gasteiger partial charge in [0.05, 0.1) is 13.2 Å². The lowest BCUT2D eigenvalue weighted by Gasteiger charge is -2.28. The summed E-state index contributed by atoms with van der Waals surface area (Å²) in [5.41, 5.74) is 3.48. The molecule has 0 saturated carbocycles.